The van der Waals surface area contributed by atoms with E-state index in [1.54, 1.807) is 12.1 Å². The van der Waals surface area contributed by atoms with Gasteiger partial charge in [0.2, 0.25) is 5.91 Å². The number of carbonyl (C=O) groups excluding carboxylic acids is 1. The summed E-state index contributed by atoms with van der Waals surface area (Å²) in [5, 5.41) is 0. The summed E-state index contributed by atoms with van der Waals surface area (Å²) >= 11 is 11.4. The summed E-state index contributed by atoms with van der Waals surface area (Å²) in [6.45, 7) is 6.56. The molecule has 4 atom stereocenters. The third kappa shape index (κ3) is 2.05. The van der Waals surface area contributed by atoms with E-state index in [1.165, 1.54) is 6.07 Å². The Morgan fingerprint density at radius 2 is 2.00 bits per heavy atom. The molecule has 0 spiro atoms. The number of amides is 1. The van der Waals surface area contributed by atoms with E-state index in [2.05, 4.69) is 68.6 Å². The Morgan fingerprint density at radius 3 is 2.58 bits per heavy atom. The maximum Gasteiger partial charge on any atom is 0.235 e. The summed E-state index contributed by atoms with van der Waals surface area (Å²) in [5.74, 6) is -0.0364. The van der Waals surface area contributed by atoms with Crippen LogP contribution < -0.4 is 4.90 Å². The maximum absolute atomic E-state index is 14.0. The van der Waals surface area contributed by atoms with Crippen molar-refractivity contribution in [2.75, 3.05) is 4.90 Å². The Hall–Kier alpha value is 0.0600. The first-order valence-electron chi connectivity index (χ1n) is 9.15. The highest BCUT2D eigenvalue weighted by Gasteiger charge is 2.83. The van der Waals surface area contributed by atoms with Crippen LogP contribution in [0.15, 0.2) is 18.2 Å². The molecule has 1 heterocycles. The van der Waals surface area contributed by atoms with Crippen LogP contribution in [0, 0.1) is 22.1 Å². The van der Waals surface area contributed by atoms with Gasteiger partial charge in [-0.3, -0.25) is 4.79 Å². The van der Waals surface area contributed by atoms with Crippen LogP contribution in [0.25, 0.3) is 0 Å². The molecule has 0 aromatic heterocycles. The maximum atomic E-state index is 14.0. The van der Waals surface area contributed by atoms with Crippen molar-refractivity contribution in [3.05, 3.63) is 29.6 Å². The molecule has 26 heavy (non-hydrogen) atoms. The van der Waals surface area contributed by atoms with E-state index in [0.29, 0.717) is 0 Å². The molecule has 0 N–H and O–H groups in total. The minimum Gasteiger partial charge on any atom is -0.309 e. The van der Waals surface area contributed by atoms with E-state index in [1.807, 2.05) is 4.90 Å². The SMILES string of the molecule is CC1CCc2cc(F)ccc2N1C(=O)C12CCC(C(Br)Br)(C1Br)C2(C)C. The standard InChI is InChI=1S/C20H23Br3FNO/c1-11-4-5-12-10-13(24)6-7-14(12)25(11)17(26)20-9-8-19(15(20)21,16(22)23)18(20,2)3/h6-7,10-11,15-16H,4-5,8-9H2,1-3H3. The van der Waals surface area contributed by atoms with E-state index in [4.69, 9.17) is 0 Å². The number of fused-ring (bicyclic) bond motifs is 2. The van der Waals surface area contributed by atoms with E-state index in [9.17, 15) is 9.18 Å². The van der Waals surface area contributed by atoms with Crippen molar-refractivity contribution < 1.29 is 9.18 Å². The Balaban J connectivity index is 1.78. The van der Waals surface area contributed by atoms with Crippen LogP contribution >= 0.6 is 47.8 Å². The van der Waals surface area contributed by atoms with E-state index in [0.717, 1.165) is 36.9 Å². The Morgan fingerprint density at radius 1 is 1.31 bits per heavy atom. The lowest BCUT2D eigenvalue weighted by molar-refractivity contribution is -0.159. The highest BCUT2D eigenvalue weighted by atomic mass is 79.9. The average molecular weight is 552 g/mol. The smallest absolute Gasteiger partial charge is 0.235 e. The molecule has 1 aliphatic heterocycles. The number of halogens is 4. The van der Waals surface area contributed by atoms with Gasteiger partial charge in [-0.2, -0.15) is 0 Å². The fraction of sp³-hybridized carbons (Fsp3) is 0.650. The van der Waals surface area contributed by atoms with Crippen molar-refractivity contribution in [2.45, 2.75) is 61.1 Å². The summed E-state index contributed by atoms with van der Waals surface area (Å²) in [7, 11) is 0. The largest absolute Gasteiger partial charge is 0.309 e. The molecule has 3 aliphatic carbocycles. The van der Waals surface area contributed by atoms with Gasteiger partial charge in [-0.25, -0.2) is 4.39 Å². The quantitative estimate of drug-likeness (QED) is 0.402. The van der Waals surface area contributed by atoms with Crippen LogP contribution in [0.2, 0.25) is 0 Å². The normalized spacial score (nSPS) is 37.5. The predicted octanol–water partition coefficient (Wildman–Crippen LogP) is 6.18. The zero-order valence-electron chi connectivity index (χ0n) is 15.2. The van der Waals surface area contributed by atoms with Gasteiger partial charge in [0, 0.05) is 22.0 Å². The number of aryl methyl sites for hydroxylation is 1. The summed E-state index contributed by atoms with van der Waals surface area (Å²) in [5.41, 5.74) is 1.27. The van der Waals surface area contributed by atoms with Gasteiger partial charge in [0.05, 0.1) is 9.15 Å². The zero-order chi connectivity index (χ0) is 19.1. The number of alkyl halides is 3. The molecular weight excluding hydrogens is 529 g/mol. The van der Waals surface area contributed by atoms with Crippen molar-refractivity contribution in [3.8, 4) is 0 Å². The number of hydrogen-bond acceptors (Lipinski definition) is 1. The minimum atomic E-state index is -0.427. The van der Waals surface area contributed by atoms with Gasteiger partial charge in [0.1, 0.15) is 5.82 Å². The molecule has 5 rings (SSSR count). The van der Waals surface area contributed by atoms with Crippen LogP contribution in [-0.2, 0) is 11.2 Å². The van der Waals surface area contributed by atoms with Gasteiger partial charge >= 0.3 is 0 Å². The number of rotatable bonds is 2. The molecule has 0 saturated heterocycles. The van der Waals surface area contributed by atoms with Crippen LogP contribution in [0.3, 0.4) is 0 Å². The molecule has 4 unspecified atom stereocenters. The van der Waals surface area contributed by atoms with Crippen LogP contribution in [0.1, 0.15) is 45.6 Å². The van der Waals surface area contributed by atoms with Crippen molar-refractivity contribution in [1.82, 2.24) is 0 Å². The lowest BCUT2D eigenvalue weighted by Crippen LogP contribution is -2.73. The molecule has 2 nitrogen and oxygen atoms in total. The molecule has 3 fully saturated rings. The molecule has 4 aliphatic rings. The topological polar surface area (TPSA) is 20.3 Å². The van der Waals surface area contributed by atoms with Gasteiger partial charge in [0.25, 0.3) is 0 Å². The van der Waals surface area contributed by atoms with Gasteiger partial charge in [-0.15, -0.1) is 0 Å². The number of benzene rings is 1. The van der Waals surface area contributed by atoms with Gasteiger partial charge in [-0.05, 0) is 61.8 Å². The van der Waals surface area contributed by atoms with E-state index in [-0.39, 0.29) is 37.2 Å². The third-order valence-electron chi connectivity index (χ3n) is 7.66. The number of hydrogen-bond donors (Lipinski definition) is 0. The Bertz CT molecular complexity index is 782. The molecule has 142 valence electrons. The average Bonchev–Trinajstić information content (AvgIpc) is 3.04. The summed E-state index contributed by atoms with van der Waals surface area (Å²) in [6, 6.07) is 4.97. The van der Waals surface area contributed by atoms with Crippen molar-refractivity contribution in [2.24, 2.45) is 16.2 Å². The minimum absolute atomic E-state index is 0.00725. The molecule has 6 heteroatoms. The third-order valence-corrected chi connectivity index (χ3v) is 10.9. The monoisotopic (exact) mass is 549 g/mol. The molecule has 1 amide bonds. The molecular formula is C20H23Br3FNO. The van der Waals surface area contributed by atoms with Crippen molar-refractivity contribution in [1.29, 1.82) is 0 Å². The fourth-order valence-electron chi connectivity index (χ4n) is 5.91. The fourth-order valence-corrected chi connectivity index (χ4v) is 10.8. The number of carbonyl (C=O) groups is 1. The second-order valence-electron chi connectivity index (χ2n) is 8.64. The zero-order valence-corrected chi connectivity index (χ0v) is 19.9. The lowest BCUT2D eigenvalue weighted by Gasteiger charge is -2.67. The summed E-state index contributed by atoms with van der Waals surface area (Å²) < 4.78 is 13.9. The van der Waals surface area contributed by atoms with Crippen LogP contribution in [0.5, 0.6) is 0 Å². The van der Waals surface area contributed by atoms with Crippen LogP contribution in [0.4, 0.5) is 10.1 Å². The molecule has 1 aromatic carbocycles. The number of anilines is 1. The van der Waals surface area contributed by atoms with Gasteiger partial charge < -0.3 is 4.90 Å². The first kappa shape index (κ1) is 19.4. The molecule has 3 saturated carbocycles. The number of nitrogens with zero attached hydrogens (tertiary/aromatic N) is 1. The predicted molar refractivity (Wildman–Crippen MR) is 114 cm³/mol. The second-order valence-corrected chi connectivity index (χ2v) is 12.6. The molecule has 2 bridgehead atoms. The van der Waals surface area contributed by atoms with Crippen molar-refractivity contribution in [3.63, 3.8) is 0 Å². The van der Waals surface area contributed by atoms with E-state index >= 15 is 0 Å². The van der Waals surface area contributed by atoms with Crippen molar-refractivity contribution >= 4 is 59.4 Å². The Kier molecular flexibility index (Phi) is 4.49. The van der Waals surface area contributed by atoms with Gasteiger partial charge in [0.15, 0.2) is 0 Å². The summed E-state index contributed by atoms with van der Waals surface area (Å²) in [4.78, 5) is 16.1. The highest BCUT2D eigenvalue weighted by molar-refractivity contribution is 9.24. The first-order valence-corrected chi connectivity index (χ1v) is 11.9. The first-order chi connectivity index (χ1) is 12.1. The highest BCUT2D eigenvalue weighted by Crippen LogP contribution is 2.82. The molecule has 0 radical (unpaired) electrons. The summed E-state index contributed by atoms with van der Waals surface area (Å²) in [6.07, 6.45) is 3.57. The van der Waals surface area contributed by atoms with Gasteiger partial charge in [-0.1, -0.05) is 61.6 Å². The Labute approximate surface area is 179 Å². The lowest BCUT2D eigenvalue weighted by atomic mass is 9.43. The van der Waals surface area contributed by atoms with Crippen LogP contribution in [-0.4, -0.2) is 20.5 Å². The van der Waals surface area contributed by atoms with E-state index < -0.39 is 5.41 Å². The molecule has 1 aromatic rings. The second kappa shape index (κ2) is 6.03.